The number of ether oxygens (including phenoxy) is 1. The molecule has 1 aliphatic rings. The van der Waals surface area contributed by atoms with Gasteiger partial charge in [-0.15, -0.1) is 9.42 Å². The Morgan fingerprint density at radius 1 is 1.43 bits per heavy atom. The highest BCUT2D eigenvalue weighted by molar-refractivity contribution is 7.32. The fourth-order valence-electron chi connectivity index (χ4n) is 1.88. The quantitative estimate of drug-likeness (QED) is 0.462. The van der Waals surface area contributed by atoms with E-state index in [2.05, 4.69) is 4.52 Å². The van der Waals surface area contributed by atoms with Crippen molar-refractivity contribution in [1.82, 2.24) is 9.55 Å². The van der Waals surface area contributed by atoms with Gasteiger partial charge in [-0.25, -0.2) is 4.79 Å². The van der Waals surface area contributed by atoms with Crippen molar-refractivity contribution in [3.05, 3.63) is 32.9 Å². The summed E-state index contributed by atoms with van der Waals surface area (Å²) in [6.07, 6.45) is -5.33. The van der Waals surface area contributed by atoms with Crippen LogP contribution in [0.4, 0.5) is 4.39 Å². The minimum absolute atomic E-state index is 0.525. The number of halogens is 1. The van der Waals surface area contributed by atoms with Crippen LogP contribution in [0.2, 0.25) is 0 Å². The molecule has 0 spiro atoms. The average Bonchev–Trinajstić information content (AvgIpc) is 2.68. The molecule has 0 saturated carbocycles. The number of hydrogen-bond acceptors (Lipinski definition) is 7. The van der Waals surface area contributed by atoms with E-state index in [-0.39, 0.29) is 0 Å². The van der Waals surface area contributed by atoms with Gasteiger partial charge in [0.25, 0.3) is 5.56 Å². The maximum Gasteiger partial charge on any atom is 0.694 e. The van der Waals surface area contributed by atoms with Crippen LogP contribution < -0.4 is 11.2 Å². The zero-order chi connectivity index (χ0) is 15.7. The van der Waals surface area contributed by atoms with Gasteiger partial charge in [-0.3, -0.25) is 14.3 Å². The lowest BCUT2D eigenvalue weighted by molar-refractivity contribution is -0.0522. The SMILES string of the molecule is O=c1[nH]c(=O)n([C@@H]2O[C@H](CO[P+](=O)O)[C@@H](O)[C@H]2O)cc1F. The van der Waals surface area contributed by atoms with Crippen LogP contribution >= 0.6 is 8.25 Å². The van der Waals surface area contributed by atoms with Gasteiger partial charge < -0.3 is 14.9 Å². The monoisotopic (exact) mass is 325 g/mol. The van der Waals surface area contributed by atoms with Gasteiger partial charge in [0.05, 0.1) is 6.20 Å². The molecule has 1 unspecified atom stereocenters. The van der Waals surface area contributed by atoms with Gasteiger partial charge in [0.15, 0.2) is 6.23 Å². The summed E-state index contributed by atoms with van der Waals surface area (Å²) in [7, 11) is -2.93. The number of hydrogen-bond donors (Lipinski definition) is 4. The number of nitrogens with one attached hydrogen (secondary N) is 1. The molecule has 0 aromatic carbocycles. The van der Waals surface area contributed by atoms with E-state index >= 15 is 0 Å². The molecule has 2 heterocycles. The average molecular weight is 325 g/mol. The largest absolute Gasteiger partial charge is 0.694 e. The van der Waals surface area contributed by atoms with E-state index in [1.165, 1.54) is 0 Å². The highest BCUT2D eigenvalue weighted by atomic mass is 31.1. The fourth-order valence-corrected chi connectivity index (χ4v) is 2.16. The van der Waals surface area contributed by atoms with Gasteiger partial charge in [-0.1, -0.05) is 0 Å². The number of H-pyrrole nitrogens is 1. The lowest BCUT2D eigenvalue weighted by Gasteiger charge is -2.16. The molecule has 1 aromatic rings. The Bertz CT molecular complexity index is 660. The Morgan fingerprint density at radius 3 is 2.71 bits per heavy atom. The molecular weight excluding hydrogens is 314 g/mol. The second-order valence-electron chi connectivity index (χ2n) is 4.22. The van der Waals surface area contributed by atoms with E-state index in [0.29, 0.717) is 10.8 Å². The predicted molar refractivity (Wildman–Crippen MR) is 63.0 cm³/mol. The Labute approximate surface area is 116 Å². The highest BCUT2D eigenvalue weighted by Crippen LogP contribution is 2.30. The summed E-state index contributed by atoms with van der Waals surface area (Å²) in [5, 5.41) is 19.5. The maximum atomic E-state index is 13.2. The Hall–Kier alpha value is -1.49. The van der Waals surface area contributed by atoms with Crippen molar-refractivity contribution in [2.24, 2.45) is 0 Å². The molecule has 5 atom stereocenters. The van der Waals surface area contributed by atoms with Crippen molar-refractivity contribution in [2.75, 3.05) is 6.61 Å². The molecule has 1 fully saturated rings. The van der Waals surface area contributed by atoms with E-state index < -0.39 is 56.5 Å². The normalized spacial score (nSPS) is 29.6. The molecule has 1 saturated heterocycles. The molecule has 0 bridgehead atoms. The third-order valence-corrected chi connectivity index (χ3v) is 3.25. The molecule has 0 aliphatic carbocycles. The van der Waals surface area contributed by atoms with E-state index in [1.54, 1.807) is 4.98 Å². The molecule has 4 N–H and O–H groups in total. The Balaban J connectivity index is 2.25. The summed E-state index contributed by atoms with van der Waals surface area (Å²) < 4.78 is 33.6. The minimum atomic E-state index is -2.93. The van der Waals surface area contributed by atoms with Crippen LogP contribution in [0.3, 0.4) is 0 Å². The lowest BCUT2D eigenvalue weighted by atomic mass is 10.1. The van der Waals surface area contributed by atoms with Crippen molar-refractivity contribution in [2.45, 2.75) is 24.5 Å². The van der Waals surface area contributed by atoms with Crippen molar-refractivity contribution < 1.29 is 33.3 Å². The number of nitrogens with zero attached hydrogens (tertiary/aromatic N) is 1. The van der Waals surface area contributed by atoms with E-state index in [4.69, 9.17) is 9.63 Å². The van der Waals surface area contributed by atoms with Gasteiger partial charge in [-0.2, -0.15) is 4.39 Å². The second kappa shape index (κ2) is 6.10. The number of aromatic amines is 1. The van der Waals surface area contributed by atoms with Gasteiger partial charge in [0, 0.05) is 4.57 Å². The van der Waals surface area contributed by atoms with Crippen LogP contribution in [0, 0.1) is 5.82 Å². The predicted octanol–water partition coefficient (Wildman–Crippen LogP) is -2.04. The van der Waals surface area contributed by atoms with Gasteiger partial charge in [-0.05, 0) is 0 Å². The molecule has 1 aromatic heterocycles. The summed E-state index contributed by atoms with van der Waals surface area (Å²) in [5.74, 6) is -1.28. The summed E-state index contributed by atoms with van der Waals surface area (Å²) in [4.78, 5) is 32.6. The molecular formula is C9H11FN2O8P+. The van der Waals surface area contributed by atoms with Crippen LogP contribution in [0.5, 0.6) is 0 Å². The smallest absolute Gasteiger partial charge is 0.387 e. The van der Waals surface area contributed by atoms with Crippen LogP contribution in [-0.4, -0.2) is 49.6 Å². The molecule has 10 nitrogen and oxygen atoms in total. The third kappa shape index (κ3) is 3.23. The Morgan fingerprint density at radius 2 is 2.10 bits per heavy atom. The maximum absolute atomic E-state index is 13.2. The molecule has 2 rings (SSSR count). The molecule has 1 aliphatic heterocycles. The third-order valence-electron chi connectivity index (χ3n) is 2.88. The summed E-state index contributed by atoms with van der Waals surface area (Å²) in [6.45, 7) is -0.527. The van der Waals surface area contributed by atoms with E-state index in [0.717, 1.165) is 0 Å². The fraction of sp³-hybridized carbons (Fsp3) is 0.556. The topological polar surface area (TPSA) is 151 Å². The van der Waals surface area contributed by atoms with E-state index in [9.17, 15) is 28.8 Å². The van der Waals surface area contributed by atoms with Crippen molar-refractivity contribution in [1.29, 1.82) is 0 Å². The van der Waals surface area contributed by atoms with Crippen LogP contribution in [0.1, 0.15) is 6.23 Å². The number of rotatable bonds is 4. The minimum Gasteiger partial charge on any atom is -0.387 e. The number of aliphatic hydroxyl groups is 2. The second-order valence-corrected chi connectivity index (χ2v) is 4.96. The summed E-state index contributed by atoms with van der Waals surface area (Å²) in [5.41, 5.74) is -2.28. The molecule has 0 radical (unpaired) electrons. The summed E-state index contributed by atoms with van der Waals surface area (Å²) in [6, 6.07) is 0. The Kier molecular flexibility index (Phi) is 4.61. The standard InChI is InChI=1S/C9H10FN2O8P/c10-3-1-12(9(16)11-7(3)15)8-6(14)5(13)4(20-8)2-19-21(17)18/h1,4-6,8,13-14H,2H2,(H-,11,15,16,17,18)/p+1/t4-,5-,6-,8-/m1/s1. The van der Waals surface area contributed by atoms with Gasteiger partial charge in [0.2, 0.25) is 5.82 Å². The van der Waals surface area contributed by atoms with Crippen LogP contribution in [0.15, 0.2) is 15.8 Å². The zero-order valence-corrected chi connectivity index (χ0v) is 11.1. The summed E-state index contributed by atoms with van der Waals surface area (Å²) >= 11 is 0. The number of aliphatic hydroxyl groups excluding tert-OH is 2. The lowest BCUT2D eigenvalue weighted by Crippen LogP contribution is -2.38. The molecule has 116 valence electrons. The number of aromatic nitrogens is 2. The van der Waals surface area contributed by atoms with Gasteiger partial charge in [0.1, 0.15) is 24.9 Å². The highest BCUT2D eigenvalue weighted by Gasteiger charge is 2.45. The first-order valence-corrected chi connectivity index (χ1v) is 6.76. The van der Waals surface area contributed by atoms with Gasteiger partial charge >= 0.3 is 13.9 Å². The van der Waals surface area contributed by atoms with E-state index in [1.807, 2.05) is 0 Å². The molecule has 21 heavy (non-hydrogen) atoms. The molecule has 12 heteroatoms. The first-order valence-electron chi connectivity index (χ1n) is 5.63. The molecule has 0 amide bonds. The first-order chi connectivity index (χ1) is 9.81. The zero-order valence-electron chi connectivity index (χ0n) is 10.2. The van der Waals surface area contributed by atoms with Crippen LogP contribution in [-0.2, 0) is 13.8 Å². The first kappa shape index (κ1) is 15.9. The van der Waals surface area contributed by atoms with Crippen molar-refractivity contribution in [3.63, 3.8) is 0 Å². The van der Waals surface area contributed by atoms with Crippen molar-refractivity contribution in [3.8, 4) is 0 Å². The van der Waals surface area contributed by atoms with Crippen LogP contribution in [0.25, 0.3) is 0 Å². The van der Waals surface area contributed by atoms with Crippen molar-refractivity contribution >= 4 is 8.25 Å².